The summed E-state index contributed by atoms with van der Waals surface area (Å²) in [5, 5.41) is 5.36. The highest BCUT2D eigenvalue weighted by Crippen LogP contribution is 2.29. The van der Waals surface area contributed by atoms with Gasteiger partial charge in [0.25, 0.3) is 5.91 Å². The molecule has 0 aliphatic carbocycles. The lowest BCUT2D eigenvalue weighted by molar-refractivity contribution is -0.133. The Morgan fingerprint density at radius 1 is 1.00 bits per heavy atom. The summed E-state index contributed by atoms with van der Waals surface area (Å²) >= 11 is 0. The molecule has 2 aromatic rings. The van der Waals surface area contributed by atoms with Crippen molar-refractivity contribution in [2.45, 2.75) is 38.1 Å². The number of urea groups is 1. The maximum absolute atomic E-state index is 13.2. The zero-order chi connectivity index (χ0) is 22.7. The first-order valence-corrected chi connectivity index (χ1v) is 10.9. The first-order valence-electron chi connectivity index (χ1n) is 10.9. The molecule has 0 aromatic heterocycles. The van der Waals surface area contributed by atoms with Crippen LogP contribution in [0.3, 0.4) is 0 Å². The van der Waals surface area contributed by atoms with Crippen LogP contribution in [0.2, 0.25) is 0 Å². The molecule has 2 aromatic carbocycles. The Morgan fingerprint density at radius 3 is 2.25 bits per heavy atom. The van der Waals surface area contributed by atoms with Crippen molar-refractivity contribution in [2.24, 2.45) is 0 Å². The van der Waals surface area contributed by atoms with E-state index in [0.717, 1.165) is 23.7 Å². The minimum absolute atomic E-state index is 0.407. The van der Waals surface area contributed by atoms with Gasteiger partial charge < -0.3 is 15.5 Å². The lowest BCUT2D eigenvalue weighted by Crippen LogP contribution is -2.42. The summed E-state index contributed by atoms with van der Waals surface area (Å²) in [6.45, 7) is 3.20. The summed E-state index contributed by atoms with van der Waals surface area (Å²) in [5.41, 5.74) is 0.820. The van der Waals surface area contributed by atoms with Crippen LogP contribution in [0.25, 0.3) is 0 Å². The second-order valence-electron chi connectivity index (χ2n) is 8.45. The van der Waals surface area contributed by atoms with Crippen molar-refractivity contribution in [1.29, 1.82) is 0 Å². The van der Waals surface area contributed by atoms with Crippen molar-refractivity contribution in [3.63, 3.8) is 0 Å². The van der Waals surface area contributed by atoms with E-state index in [2.05, 4.69) is 15.5 Å². The Labute approximate surface area is 186 Å². The van der Waals surface area contributed by atoms with Gasteiger partial charge in [-0.15, -0.1) is 0 Å². The van der Waals surface area contributed by atoms with Gasteiger partial charge in [-0.3, -0.25) is 14.5 Å². The molecule has 4 amide bonds. The largest absolute Gasteiger partial charge is 0.372 e. The Morgan fingerprint density at radius 2 is 1.62 bits per heavy atom. The van der Waals surface area contributed by atoms with Crippen LogP contribution < -0.4 is 15.5 Å². The summed E-state index contributed by atoms with van der Waals surface area (Å²) in [7, 11) is 0. The summed E-state index contributed by atoms with van der Waals surface area (Å²) in [6, 6.07) is 12.3. The smallest absolute Gasteiger partial charge is 0.325 e. The van der Waals surface area contributed by atoms with Gasteiger partial charge in [0, 0.05) is 24.5 Å². The van der Waals surface area contributed by atoms with Crippen LogP contribution in [0.1, 0.15) is 38.2 Å². The molecule has 1 unspecified atom stereocenters. The molecule has 2 fully saturated rings. The fourth-order valence-corrected chi connectivity index (χ4v) is 4.25. The first-order chi connectivity index (χ1) is 15.4. The molecule has 2 heterocycles. The van der Waals surface area contributed by atoms with Crippen LogP contribution in [0.5, 0.6) is 0 Å². The third kappa shape index (κ3) is 4.44. The first kappa shape index (κ1) is 21.8. The number of halogens is 1. The van der Waals surface area contributed by atoms with Gasteiger partial charge in [0.1, 0.15) is 17.9 Å². The molecule has 4 rings (SSSR count). The van der Waals surface area contributed by atoms with Gasteiger partial charge >= 0.3 is 6.03 Å². The second-order valence-corrected chi connectivity index (χ2v) is 8.45. The lowest BCUT2D eigenvalue weighted by Gasteiger charge is -2.23. The number of imide groups is 1. The highest BCUT2D eigenvalue weighted by atomic mass is 19.1. The third-order valence-electron chi connectivity index (χ3n) is 6.12. The molecular weight excluding hydrogens is 411 g/mol. The molecule has 1 atom stereocenters. The predicted octanol–water partition coefficient (Wildman–Crippen LogP) is 3.61. The van der Waals surface area contributed by atoms with Crippen LogP contribution in [0.4, 0.5) is 20.6 Å². The minimum Gasteiger partial charge on any atom is -0.372 e. The quantitative estimate of drug-likeness (QED) is 0.699. The molecule has 0 saturated carbocycles. The van der Waals surface area contributed by atoms with E-state index in [-0.39, 0.29) is 0 Å². The number of carbonyl (C=O) groups excluding carboxylic acids is 3. The summed E-state index contributed by atoms with van der Waals surface area (Å²) < 4.78 is 13.2. The van der Waals surface area contributed by atoms with Gasteiger partial charge in [-0.1, -0.05) is 25.0 Å². The van der Waals surface area contributed by atoms with Gasteiger partial charge in [-0.05, 0) is 61.7 Å². The number of amides is 4. The number of hydrogen-bond donors (Lipinski definition) is 2. The Balaban J connectivity index is 1.39. The van der Waals surface area contributed by atoms with E-state index < -0.39 is 35.7 Å². The zero-order valence-electron chi connectivity index (χ0n) is 18.1. The van der Waals surface area contributed by atoms with Crippen molar-refractivity contribution in [1.82, 2.24) is 10.2 Å². The van der Waals surface area contributed by atoms with Gasteiger partial charge in [-0.2, -0.15) is 0 Å². The maximum atomic E-state index is 13.2. The van der Waals surface area contributed by atoms with Crippen molar-refractivity contribution >= 4 is 29.2 Å². The molecule has 7 nitrogen and oxygen atoms in total. The van der Waals surface area contributed by atoms with Crippen molar-refractivity contribution in [3.05, 3.63) is 59.9 Å². The molecule has 0 spiro atoms. The summed E-state index contributed by atoms with van der Waals surface area (Å²) in [6.07, 6.45) is 4.88. The molecule has 2 saturated heterocycles. The van der Waals surface area contributed by atoms with E-state index in [1.54, 1.807) is 6.92 Å². The molecule has 0 bridgehead atoms. The normalized spacial score (nSPS) is 21.3. The average molecular weight is 439 g/mol. The molecule has 32 heavy (non-hydrogen) atoms. The zero-order valence-corrected chi connectivity index (χ0v) is 18.1. The molecule has 2 aliphatic heterocycles. The average Bonchev–Trinajstić information content (AvgIpc) is 2.98. The van der Waals surface area contributed by atoms with E-state index in [9.17, 15) is 18.8 Å². The van der Waals surface area contributed by atoms with Gasteiger partial charge in [0.2, 0.25) is 5.91 Å². The lowest BCUT2D eigenvalue weighted by atomic mass is 9.92. The number of carbonyl (C=O) groups is 3. The van der Waals surface area contributed by atoms with Crippen LogP contribution in [-0.2, 0) is 15.1 Å². The van der Waals surface area contributed by atoms with Crippen LogP contribution >= 0.6 is 0 Å². The van der Waals surface area contributed by atoms with Gasteiger partial charge in [-0.25, -0.2) is 9.18 Å². The fourth-order valence-electron chi connectivity index (χ4n) is 4.25. The van der Waals surface area contributed by atoms with Crippen molar-refractivity contribution < 1.29 is 18.8 Å². The number of anilines is 2. The van der Waals surface area contributed by atoms with Crippen LogP contribution in [-0.4, -0.2) is 42.4 Å². The molecule has 168 valence electrons. The van der Waals surface area contributed by atoms with E-state index in [4.69, 9.17) is 0 Å². The van der Waals surface area contributed by atoms with Crippen molar-refractivity contribution in [2.75, 3.05) is 29.9 Å². The van der Waals surface area contributed by atoms with Crippen LogP contribution in [0.15, 0.2) is 48.5 Å². The van der Waals surface area contributed by atoms with Crippen LogP contribution in [0, 0.1) is 5.82 Å². The monoisotopic (exact) mass is 438 g/mol. The number of nitrogens with zero attached hydrogens (tertiary/aromatic N) is 2. The number of benzene rings is 2. The maximum Gasteiger partial charge on any atom is 0.325 e. The van der Waals surface area contributed by atoms with Gasteiger partial charge in [0.15, 0.2) is 0 Å². The molecule has 0 radical (unpaired) electrons. The fraction of sp³-hybridized carbons (Fsp3) is 0.375. The highest BCUT2D eigenvalue weighted by molar-refractivity contribution is 6.10. The number of nitrogens with one attached hydrogen (secondary N) is 2. The Bertz CT molecular complexity index is 1000. The van der Waals surface area contributed by atoms with E-state index in [1.807, 2.05) is 24.3 Å². The predicted molar refractivity (Wildman–Crippen MR) is 120 cm³/mol. The molecule has 2 aliphatic rings. The topological polar surface area (TPSA) is 81.8 Å². The van der Waals surface area contributed by atoms with Crippen molar-refractivity contribution in [3.8, 4) is 0 Å². The Kier molecular flexibility index (Phi) is 6.12. The molecule has 8 heteroatoms. The molecular formula is C24H27FN4O3. The van der Waals surface area contributed by atoms with Gasteiger partial charge in [0.05, 0.1) is 0 Å². The number of rotatable bonds is 5. The minimum atomic E-state index is -1.35. The third-order valence-corrected chi connectivity index (χ3v) is 6.12. The highest BCUT2D eigenvalue weighted by Gasteiger charge is 2.49. The molecule has 2 N–H and O–H groups in total. The summed E-state index contributed by atoms with van der Waals surface area (Å²) in [4.78, 5) is 41.1. The summed E-state index contributed by atoms with van der Waals surface area (Å²) in [5.74, 6) is -1.47. The Hall–Kier alpha value is -3.42. The second kappa shape index (κ2) is 8.98. The SMILES string of the molecule is CC1(c2ccc(F)cc2)NC(=O)N(CC(=O)Nc2ccc(N3CCCCCC3)cc2)C1=O. The van der Waals surface area contributed by atoms with E-state index in [1.165, 1.54) is 49.9 Å². The van der Waals surface area contributed by atoms with E-state index in [0.29, 0.717) is 11.3 Å². The number of hydrogen-bond acceptors (Lipinski definition) is 4. The van der Waals surface area contributed by atoms with E-state index >= 15 is 0 Å². The standard InChI is InChI=1S/C24H27FN4O3/c1-24(17-6-8-18(25)9-7-17)22(31)29(23(32)27-24)16-21(30)26-19-10-12-20(13-11-19)28-14-4-2-3-5-15-28/h6-13H,2-5,14-16H2,1H3,(H,26,30)(H,27,32).